The molecule has 82 valence electrons. The second-order valence-corrected chi connectivity index (χ2v) is 3.14. The van der Waals surface area contributed by atoms with E-state index in [1.165, 1.54) is 0 Å². The molecule has 0 saturated carbocycles. The molecule has 14 heavy (non-hydrogen) atoms. The van der Waals surface area contributed by atoms with Crippen LogP contribution in [0.3, 0.4) is 0 Å². The number of amides is 1. The van der Waals surface area contributed by atoms with Gasteiger partial charge in [0.15, 0.2) is 6.04 Å². The van der Waals surface area contributed by atoms with E-state index in [1.807, 2.05) is 6.92 Å². The topological polar surface area (TPSA) is 86.6 Å². The Bertz CT molecular complexity index is 210. The zero-order valence-electron chi connectivity index (χ0n) is 7.86. The standard InChI is InChI=1S/C8H14ClNO4/c1-2-3-5(11)7(8(13)14)10-6(12)4-9/h5,7,11H,2-4H2,1H3,(H,10,12)(H,13,14)/t5-,7+/m0/s1. The van der Waals surface area contributed by atoms with E-state index in [9.17, 15) is 14.7 Å². The lowest BCUT2D eigenvalue weighted by Gasteiger charge is -2.19. The number of nitrogens with one attached hydrogen (secondary N) is 1. The van der Waals surface area contributed by atoms with Gasteiger partial charge in [-0.3, -0.25) is 4.79 Å². The van der Waals surface area contributed by atoms with Crippen LogP contribution in [-0.4, -0.2) is 40.1 Å². The summed E-state index contributed by atoms with van der Waals surface area (Å²) in [6.45, 7) is 1.81. The normalized spacial score (nSPS) is 14.5. The van der Waals surface area contributed by atoms with Crippen molar-refractivity contribution in [3.05, 3.63) is 0 Å². The van der Waals surface area contributed by atoms with Gasteiger partial charge in [0.05, 0.1) is 6.10 Å². The summed E-state index contributed by atoms with van der Waals surface area (Å²) in [7, 11) is 0. The predicted octanol–water partition coefficient (Wildman–Crippen LogP) is -0.0444. The van der Waals surface area contributed by atoms with Crippen molar-refractivity contribution in [3.63, 3.8) is 0 Å². The molecular formula is C8H14ClNO4. The van der Waals surface area contributed by atoms with E-state index in [2.05, 4.69) is 5.32 Å². The highest BCUT2D eigenvalue weighted by Crippen LogP contribution is 2.02. The van der Waals surface area contributed by atoms with Crippen molar-refractivity contribution in [2.75, 3.05) is 5.88 Å². The Kier molecular flexibility index (Phi) is 6.23. The first kappa shape index (κ1) is 13.2. The van der Waals surface area contributed by atoms with E-state index in [0.29, 0.717) is 12.8 Å². The van der Waals surface area contributed by atoms with Gasteiger partial charge in [-0.05, 0) is 6.42 Å². The van der Waals surface area contributed by atoms with Crippen molar-refractivity contribution < 1.29 is 19.8 Å². The molecule has 0 aromatic carbocycles. The van der Waals surface area contributed by atoms with Gasteiger partial charge < -0.3 is 15.5 Å². The Labute approximate surface area is 87.1 Å². The first-order valence-electron chi connectivity index (χ1n) is 4.29. The van der Waals surface area contributed by atoms with Crippen LogP contribution in [-0.2, 0) is 9.59 Å². The predicted molar refractivity (Wildman–Crippen MR) is 51.2 cm³/mol. The highest BCUT2D eigenvalue weighted by Gasteiger charge is 2.26. The maximum Gasteiger partial charge on any atom is 0.328 e. The number of carboxylic acid groups (broad SMARTS) is 1. The van der Waals surface area contributed by atoms with Crippen LogP contribution in [0.1, 0.15) is 19.8 Å². The Morgan fingerprint density at radius 1 is 1.50 bits per heavy atom. The smallest absolute Gasteiger partial charge is 0.328 e. The SMILES string of the molecule is CCC[C@H](O)[C@@H](NC(=O)CCl)C(=O)O. The summed E-state index contributed by atoms with van der Waals surface area (Å²) in [5.41, 5.74) is 0. The minimum atomic E-state index is -1.28. The summed E-state index contributed by atoms with van der Waals surface area (Å²) in [6.07, 6.45) is -0.119. The van der Waals surface area contributed by atoms with Gasteiger partial charge in [0.25, 0.3) is 0 Å². The molecule has 0 aliphatic carbocycles. The van der Waals surface area contributed by atoms with Crippen LogP contribution in [0.15, 0.2) is 0 Å². The molecule has 3 N–H and O–H groups in total. The molecule has 0 aromatic rings. The average molecular weight is 224 g/mol. The van der Waals surface area contributed by atoms with Gasteiger partial charge in [-0.15, -0.1) is 11.6 Å². The lowest BCUT2D eigenvalue weighted by molar-refractivity contribution is -0.144. The largest absolute Gasteiger partial charge is 0.480 e. The van der Waals surface area contributed by atoms with Gasteiger partial charge in [0.2, 0.25) is 5.91 Å². The number of alkyl halides is 1. The second kappa shape index (κ2) is 6.62. The number of carbonyl (C=O) groups is 2. The molecule has 0 unspecified atom stereocenters. The fourth-order valence-corrected chi connectivity index (χ4v) is 1.07. The van der Waals surface area contributed by atoms with Crippen LogP contribution in [0, 0.1) is 0 Å². The van der Waals surface area contributed by atoms with Crippen molar-refractivity contribution in [2.24, 2.45) is 0 Å². The van der Waals surface area contributed by atoms with Gasteiger partial charge >= 0.3 is 5.97 Å². The molecule has 0 fully saturated rings. The lowest BCUT2D eigenvalue weighted by atomic mass is 10.1. The van der Waals surface area contributed by atoms with Crippen molar-refractivity contribution in [1.82, 2.24) is 5.32 Å². The van der Waals surface area contributed by atoms with Crippen LogP contribution < -0.4 is 5.32 Å². The number of hydrogen-bond donors (Lipinski definition) is 3. The molecule has 0 heterocycles. The van der Waals surface area contributed by atoms with Crippen LogP contribution in [0.25, 0.3) is 0 Å². The van der Waals surface area contributed by atoms with Gasteiger partial charge in [-0.1, -0.05) is 13.3 Å². The Hall–Kier alpha value is -0.810. The summed E-state index contributed by atoms with van der Waals surface area (Å²) >= 11 is 5.20. The number of rotatable bonds is 6. The Morgan fingerprint density at radius 2 is 2.07 bits per heavy atom. The third kappa shape index (κ3) is 4.43. The van der Waals surface area contributed by atoms with E-state index >= 15 is 0 Å². The number of aliphatic carboxylic acids is 1. The van der Waals surface area contributed by atoms with E-state index in [0.717, 1.165) is 0 Å². The third-order valence-electron chi connectivity index (χ3n) is 1.67. The van der Waals surface area contributed by atoms with E-state index in [1.54, 1.807) is 0 Å². The molecule has 0 aromatic heterocycles. The number of hydrogen-bond acceptors (Lipinski definition) is 3. The van der Waals surface area contributed by atoms with Crippen LogP contribution >= 0.6 is 11.6 Å². The first-order valence-corrected chi connectivity index (χ1v) is 4.82. The Morgan fingerprint density at radius 3 is 2.43 bits per heavy atom. The molecular weight excluding hydrogens is 210 g/mol. The highest BCUT2D eigenvalue weighted by atomic mass is 35.5. The second-order valence-electron chi connectivity index (χ2n) is 2.87. The minimum Gasteiger partial charge on any atom is -0.480 e. The maximum atomic E-state index is 10.8. The van der Waals surface area contributed by atoms with Crippen LogP contribution in [0.5, 0.6) is 0 Å². The fourth-order valence-electron chi connectivity index (χ4n) is 0.997. The molecule has 0 bridgehead atoms. The zero-order chi connectivity index (χ0) is 11.1. The number of carbonyl (C=O) groups excluding carboxylic acids is 1. The van der Waals surface area contributed by atoms with Gasteiger partial charge in [-0.25, -0.2) is 4.79 Å². The first-order chi connectivity index (χ1) is 6.52. The summed E-state index contributed by atoms with van der Waals surface area (Å²) < 4.78 is 0. The van der Waals surface area contributed by atoms with E-state index in [4.69, 9.17) is 16.7 Å². The van der Waals surface area contributed by atoms with Crippen molar-refractivity contribution >= 4 is 23.5 Å². The molecule has 0 radical (unpaired) electrons. The zero-order valence-corrected chi connectivity index (χ0v) is 8.62. The van der Waals surface area contributed by atoms with Gasteiger partial charge in [-0.2, -0.15) is 0 Å². The quantitative estimate of drug-likeness (QED) is 0.552. The molecule has 1 amide bonds. The van der Waals surface area contributed by atoms with Crippen molar-refractivity contribution in [3.8, 4) is 0 Å². The van der Waals surface area contributed by atoms with Gasteiger partial charge in [0, 0.05) is 0 Å². The number of aliphatic hydroxyl groups is 1. The van der Waals surface area contributed by atoms with E-state index in [-0.39, 0.29) is 5.88 Å². The molecule has 0 spiro atoms. The van der Waals surface area contributed by atoms with Crippen LogP contribution in [0.4, 0.5) is 0 Å². The van der Waals surface area contributed by atoms with Crippen molar-refractivity contribution in [2.45, 2.75) is 31.9 Å². The lowest BCUT2D eigenvalue weighted by Crippen LogP contribution is -2.49. The monoisotopic (exact) mass is 223 g/mol. The van der Waals surface area contributed by atoms with Crippen LogP contribution in [0.2, 0.25) is 0 Å². The third-order valence-corrected chi connectivity index (χ3v) is 1.92. The summed E-state index contributed by atoms with van der Waals surface area (Å²) in [6, 6.07) is -1.28. The molecule has 0 saturated heterocycles. The van der Waals surface area contributed by atoms with E-state index < -0.39 is 24.0 Å². The summed E-state index contributed by atoms with van der Waals surface area (Å²) in [5, 5.41) is 20.2. The molecule has 5 nitrogen and oxygen atoms in total. The minimum absolute atomic E-state index is 0.317. The number of halogens is 1. The summed E-state index contributed by atoms with van der Waals surface area (Å²) in [5.74, 6) is -2.18. The molecule has 0 aliphatic heterocycles. The Balaban J connectivity index is 4.28. The molecule has 6 heteroatoms. The average Bonchev–Trinajstić information content (AvgIpc) is 2.13. The number of aliphatic hydroxyl groups excluding tert-OH is 1. The van der Waals surface area contributed by atoms with Crippen molar-refractivity contribution in [1.29, 1.82) is 0 Å². The molecule has 2 atom stereocenters. The maximum absolute atomic E-state index is 10.8. The highest BCUT2D eigenvalue weighted by molar-refractivity contribution is 6.27. The number of carboxylic acids is 1. The molecule has 0 rings (SSSR count). The molecule has 0 aliphatic rings. The summed E-state index contributed by atoms with van der Waals surface area (Å²) in [4.78, 5) is 21.5. The van der Waals surface area contributed by atoms with Gasteiger partial charge in [0.1, 0.15) is 5.88 Å². The fraction of sp³-hybridized carbons (Fsp3) is 0.750.